The Morgan fingerprint density at radius 1 is 1.22 bits per heavy atom. The highest BCUT2D eigenvalue weighted by Gasteiger charge is 2.39. The minimum atomic E-state index is -0.138. The van der Waals surface area contributed by atoms with Crippen LogP contribution in [0, 0.1) is 5.41 Å². The second kappa shape index (κ2) is 8.37. The van der Waals surface area contributed by atoms with Gasteiger partial charge in [-0.1, -0.05) is 12.6 Å². The summed E-state index contributed by atoms with van der Waals surface area (Å²) in [4.78, 5) is 16.5. The maximum absolute atomic E-state index is 10.2. The van der Waals surface area contributed by atoms with Gasteiger partial charge in [-0.2, -0.15) is 0 Å². The van der Waals surface area contributed by atoms with E-state index in [0.29, 0.717) is 11.1 Å². The van der Waals surface area contributed by atoms with Gasteiger partial charge in [-0.15, -0.1) is 0 Å². The molecule has 2 saturated heterocycles. The summed E-state index contributed by atoms with van der Waals surface area (Å²) in [7, 11) is 4.15. The molecule has 2 aromatic rings. The van der Waals surface area contributed by atoms with Crippen molar-refractivity contribution in [3.63, 3.8) is 0 Å². The summed E-state index contributed by atoms with van der Waals surface area (Å²) >= 11 is 0. The highest BCUT2D eigenvalue weighted by molar-refractivity contribution is 5.77. The highest BCUT2D eigenvalue weighted by Crippen LogP contribution is 2.41. The minimum Gasteiger partial charge on any atom is -0.390 e. The van der Waals surface area contributed by atoms with Crippen LogP contribution in [-0.4, -0.2) is 62.0 Å². The maximum atomic E-state index is 10.2. The molecule has 3 aliphatic heterocycles. The van der Waals surface area contributed by atoms with E-state index in [9.17, 15) is 5.11 Å². The molecule has 1 aromatic carbocycles. The molecule has 3 aliphatic rings. The number of aliphatic hydroxyl groups is 1. The molecule has 32 heavy (non-hydrogen) atoms. The molecular weight excluding hydrogens is 402 g/mol. The molecule has 4 heterocycles. The molecule has 0 radical (unpaired) electrons. The first-order chi connectivity index (χ1) is 15.5. The Balaban J connectivity index is 1.47. The maximum Gasteiger partial charge on any atom is 0.159 e. The van der Waals surface area contributed by atoms with Gasteiger partial charge in [0.05, 0.1) is 13.2 Å². The smallest absolute Gasteiger partial charge is 0.159 e. The normalized spacial score (nSPS) is 19.5. The molecule has 2 fully saturated rings. The topological polar surface area (TPSA) is 65.0 Å². The number of rotatable bonds is 5. The van der Waals surface area contributed by atoms with Gasteiger partial charge in [0.1, 0.15) is 11.4 Å². The third-order valence-electron chi connectivity index (χ3n) is 7.52. The van der Waals surface area contributed by atoms with E-state index < -0.39 is 0 Å². The number of piperidine rings is 1. The first kappa shape index (κ1) is 21.2. The van der Waals surface area contributed by atoms with Crippen LogP contribution in [0.2, 0.25) is 0 Å². The Labute approximate surface area is 190 Å². The van der Waals surface area contributed by atoms with Gasteiger partial charge >= 0.3 is 0 Å². The Morgan fingerprint density at radius 2 is 2.03 bits per heavy atom. The summed E-state index contributed by atoms with van der Waals surface area (Å²) in [6, 6.07) is 6.39. The first-order valence-electron chi connectivity index (χ1n) is 11.6. The summed E-state index contributed by atoms with van der Waals surface area (Å²) in [5, 5.41) is 10.2. The molecule has 1 aromatic heterocycles. The van der Waals surface area contributed by atoms with Gasteiger partial charge in [-0.3, -0.25) is 0 Å². The lowest BCUT2D eigenvalue weighted by Crippen LogP contribution is -2.41. The van der Waals surface area contributed by atoms with Gasteiger partial charge in [0.2, 0.25) is 0 Å². The van der Waals surface area contributed by atoms with Crippen LogP contribution in [0.3, 0.4) is 0 Å². The third kappa shape index (κ3) is 3.53. The quantitative estimate of drug-likeness (QED) is 0.772. The molecule has 0 aliphatic carbocycles. The molecule has 7 heteroatoms. The van der Waals surface area contributed by atoms with Crippen molar-refractivity contribution in [2.24, 2.45) is 5.41 Å². The predicted octanol–water partition coefficient (Wildman–Crippen LogP) is 3.38. The second-order valence-corrected chi connectivity index (χ2v) is 9.36. The van der Waals surface area contributed by atoms with Gasteiger partial charge in [-0.25, -0.2) is 9.97 Å². The minimum absolute atomic E-state index is 0.138. The highest BCUT2D eigenvalue weighted by atomic mass is 16.5. The largest absolute Gasteiger partial charge is 0.390 e. The molecule has 0 atom stereocenters. The van der Waals surface area contributed by atoms with Gasteiger partial charge in [-0.05, 0) is 49.3 Å². The van der Waals surface area contributed by atoms with Crippen molar-refractivity contribution in [1.29, 1.82) is 0 Å². The Hall–Kier alpha value is -2.64. The second-order valence-electron chi connectivity index (χ2n) is 9.36. The van der Waals surface area contributed by atoms with Crippen LogP contribution in [0.15, 0.2) is 24.8 Å². The Kier molecular flexibility index (Phi) is 5.55. The third-order valence-corrected chi connectivity index (χ3v) is 7.52. The molecule has 170 valence electrons. The molecule has 0 bridgehead atoms. The van der Waals surface area contributed by atoms with E-state index in [2.05, 4.69) is 46.5 Å². The van der Waals surface area contributed by atoms with Crippen molar-refractivity contribution >= 4 is 29.1 Å². The van der Waals surface area contributed by atoms with Crippen molar-refractivity contribution in [2.45, 2.75) is 32.3 Å². The molecule has 0 saturated carbocycles. The molecule has 7 nitrogen and oxygen atoms in total. The van der Waals surface area contributed by atoms with Crippen molar-refractivity contribution in [3.05, 3.63) is 41.7 Å². The standard InChI is InChI=1S/C25H33N5O2/c1-4-19-23(29(3)22-7-5-6-21-18(22)8-12-28(21)2)27-20(16-31)24(26-19)30-13-9-25(10-14-30)11-15-32-17-25/h4-7,31H,1,8-17H2,2-3H3. The summed E-state index contributed by atoms with van der Waals surface area (Å²) < 4.78 is 5.67. The number of aromatic nitrogens is 2. The average molecular weight is 436 g/mol. The number of benzene rings is 1. The van der Waals surface area contributed by atoms with Crippen LogP contribution in [0.25, 0.3) is 6.08 Å². The molecule has 5 rings (SSSR count). The lowest BCUT2D eigenvalue weighted by molar-refractivity contribution is 0.133. The predicted molar refractivity (Wildman–Crippen MR) is 129 cm³/mol. The molecular formula is C25H33N5O2. The Bertz CT molecular complexity index is 1010. The number of aliphatic hydroxyl groups excluding tert-OH is 1. The zero-order chi connectivity index (χ0) is 22.3. The summed E-state index contributed by atoms with van der Waals surface area (Å²) in [6.07, 6.45) is 6.11. The molecule has 0 unspecified atom stereocenters. The fraction of sp³-hybridized carbons (Fsp3) is 0.520. The molecule has 1 spiro atoms. The van der Waals surface area contributed by atoms with Crippen molar-refractivity contribution < 1.29 is 9.84 Å². The zero-order valence-electron chi connectivity index (χ0n) is 19.2. The van der Waals surface area contributed by atoms with E-state index in [1.165, 1.54) is 11.3 Å². The fourth-order valence-corrected chi connectivity index (χ4v) is 5.45. The van der Waals surface area contributed by atoms with Crippen LogP contribution < -0.4 is 14.7 Å². The van der Waals surface area contributed by atoms with E-state index in [0.717, 1.165) is 81.5 Å². The number of hydrogen-bond acceptors (Lipinski definition) is 7. The van der Waals surface area contributed by atoms with E-state index >= 15 is 0 Å². The average Bonchev–Trinajstić information content (AvgIpc) is 3.45. The number of likely N-dealkylation sites (N-methyl/N-ethyl adjacent to an activating group) is 1. The monoisotopic (exact) mass is 435 g/mol. The van der Waals surface area contributed by atoms with E-state index in [1.807, 2.05) is 7.05 Å². The number of ether oxygens (including phenoxy) is 1. The number of fused-ring (bicyclic) bond motifs is 1. The van der Waals surface area contributed by atoms with Gasteiger partial charge in [0, 0.05) is 57.3 Å². The lowest BCUT2D eigenvalue weighted by Gasteiger charge is -2.39. The van der Waals surface area contributed by atoms with Crippen LogP contribution >= 0.6 is 0 Å². The summed E-state index contributed by atoms with van der Waals surface area (Å²) in [6.45, 7) is 8.47. The van der Waals surface area contributed by atoms with Crippen LogP contribution in [0.4, 0.5) is 23.0 Å². The van der Waals surface area contributed by atoms with Gasteiger partial charge < -0.3 is 24.5 Å². The summed E-state index contributed by atoms with van der Waals surface area (Å²) in [5.41, 5.74) is 5.41. The van der Waals surface area contributed by atoms with Gasteiger partial charge in [0.25, 0.3) is 0 Å². The van der Waals surface area contributed by atoms with Gasteiger partial charge in [0.15, 0.2) is 11.6 Å². The van der Waals surface area contributed by atoms with E-state index in [4.69, 9.17) is 14.7 Å². The van der Waals surface area contributed by atoms with Crippen molar-refractivity contribution in [1.82, 2.24) is 9.97 Å². The summed E-state index contributed by atoms with van der Waals surface area (Å²) in [5.74, 6) is 1.51. The Morgan fingerprint density at radius 3 is 2.72 bits per heavy atom. The molecule has 0 amide bonds. The van der Waals surface area contributed by atoms with Crippen molar-refractivity contribution in [2.75, 3.05) is 61.6 Å². The van der Waals surface area contributed by atoms with Crippen molar-refractivity contribution in [3.8, 4) is 0 Å². The SMILES string of the molecule is C=Cc1nc(N2CCC3(CCOC3)CC2)c(CO)nc1N(C)c1cccc2c1CCN2C. The van der Waals surface area contributed by atoms with Crippen LogP contribution in [0.5, 0.6) is 0 Å². The number of anilines is 4. The lowest BCUT2D eigenvalue weighted by atomic mass is 9.78. The zero-order valence-corrected chi connectivity index (χ0v) is 19.2. The first-order valence-corrected chi connectivity index (χ1v) is 11.6. The number of nitrogens with zero attached hydrogens (tertiary/aromatic N) is 5. The van der Waals surface area contributed by atoms with Crippen LogP contribution in [0.1, 0.15) is 36.2 Å². The van der Waals surface area contributed by atoms with E-state index in [-0.39, 0.29) is 6.61 Å². The number of hydrogen-bond donors (Lipinski definition) is 1. The fourth-order valence-electron chi connectivity index (χ4n) is 5.45. The van der Waals surface area contributed by atoms with Crippen LogP contribution in [-0.2, 0) is 17.8 Å². The van der Waals surface area contributed by atoms with E-state index in [1.54, 1.807) is 6.08 Å². The molecule has 1 N–H and O–H groups in total.